The summed E-state index contributed by atoms with van der Waals surface area (Å²) in [6.45, 7) is 3.74. The van der Waals surface area contributed by atoms with Gasteiger partial charge in [0.15, 0.2) is 15.7 Å². The summed E-state index contributed by atoms with van der Waals surface area (Å²) < 4.78 is 63.0. The molecule has 0 unspecified atom stereocenters. The van der Waals surface area contributed by atoms with Gasteiger partial charge in [0.1, 0.15) is 23.0 Å². The van der Waals surface area contributed by atoms with Crippen molar-refractivity contribution >= 4 is 38.8 Å². The van der Waals surface area contributed by atoms with E-state index in [0.29, 0.717) is 11.5 Å². The molecule has 0 aliphatic rings. The van der Waals surface area contributed by atoms with Crippen molar-refractivity contribution in [3.05, 3.63) is 53.2 Å². The van der Waals surface area contributed by atoms with E-state index in [2.05, 4.69) is 25.6 Å². The van der Waals surface area contributed by atoms with Crippen LogP contribution in [0.25, 0.3) is 11.5 Å². The van der Waals surface area contributed by atoms with E-state index in [1.807, 2.05) is 13.8 Å². The molecule has 3 aromatic rings. The first-order chi connectivity index (χ1) is 14.8. The molecule has 0 radical (unpaired) electrons. The molecule has 0 atom stereocenters. The Hall–Kier alpha value is -2.92. The van der Waals surface area contributed by atoms with Crippen molar-refractivity contribution in [3.63, 3.8) is 0 Å². The second-order valence-electron chi connectivity index (χ2n) is 7.24. The summed E-state index contributed by atoms with van der Waals surface area (Å²) in [6.07, 6.45) is -3.57. The molecule has 0 fully saturated rings. The van der Waals surface area contributed by atoms with Crippen LogP contribution >= 0.6 is 11.6 Å². The lowest BCUT2D eigenvalue weighted by Crippen LogP contribution is -2.13. The maximum absolute atomic E-state index is 13.1. The number of sulfone groups is 1. The second kappa shape index (κ2) is 8.91. The topological polar surface area (TPSA) is 96.9 Å². The highest BCUT2D eigenvalue weighted by Crippen LogP contribution is 2.30. The quantitative estimate of drug-likeness (QED) is 0.496. The lowest BCUT2D eigenvalue weighted by atomic mass is 10.2. The minimum Gasteiger partial charge on any atom is -0.368 e. The van der Waals surface area contributed by atoms with Crippen molar-refractivity contribution in [3.8, 4) is 11.5 Å². The van der Waals surface area contributed by atoms with Gasteiger partial charge in [-0.25, -0.2) is 23.4 Å². The fraction of sp³-hybridized carbons (Fsp3) is 0.250. The first-order valence-electron chi connectivity index (χ1n) is 9.29. The third-order valence-corrected chi connectivity index (χ3v) is 5.31. The van der Waals surface area contributed by atoms with Gasteiger partial charge in [0.2, 0.25) is 0 Å². The molecule has 0 spiro atoms. The maximum atomic E-state index is 13.1. The van der Waals surface area contributed by atoms with Crippen LogP contribution in [0, 0.1) is 0 Å². The van der Waals surface area contributed by atoms with Crippen molar-refractivity contribution in [2.24, 2.45) is 0 Å². The number of pyridine rings is 1. The average Bonchev–Trinajstić information content (AvgIpc) is 2.65. The number of anilines is 3. The van der Waals surface area contributed by atoms with E-state index in [4.69, 9.17) is 11.6 Å². The smallest absolute Gasteiger partial charge is 0.368 e. The van der Waals surface area contributed by atoms with Gasteiger partial charge in [-0.3, -0.25) is 0 Å². The van der Waals surface area contributed by atoms with Gasteiger partial charge in [0.25, 0.3) is 0 Å². The van der Waals surface area contributed by atoms with Gasteiger partial charge >= 0.3 is 6.18 Å². The standard InChI is InChI=1S/C20H19ClF3N5O2S/c1-11(2)25-17-10-18(26-13-7-12(21)8-14(9-13)32(3,30)31)29-19(28-17)15-5-4-6-16(27-15)20(22,23)24/h4-11H,1-3H3,(H2,25,26,28,29). The van der Waals surface area contributed by atoms with Crippen molar-refractivity contribution in [1.29, 1.82) is 0 Å². The molecule has 7 nitrogen and oxygen atoms in total. The van der Waals surface area contributed by atoms with E-state index < -0.39 is 21.7 Å². The normalized spacial score (nSPS) is 12.1. The van der Waals surface area contributed by atoms with Crippen molar-refractivity contribution in [2.75, 3.05) is 16.9 Å². The van der Waals surface area contributed by atoms with Crippen LogP contribution in [0.4, 0.5) is 30.5 Å². The summed E-state index contributed by atoms with van der Waals surface area (Å²) in [4.78, 5) is 12.2. The monoisotopic (exact) mass is 485 g/mol. The molecule has 1 aromatic carbocycles. The van der Waals surface area contributed by atoms with E-state index in [-0.39, 0.29) is 33.3 Å². The highest BCUT2D eigenvalue weighted by Gasteiger charge is 2.32. The molecule has 0 bridgehead atoms. The predicted octanol–water partition coefficient (Wildman–Crippen LogP) is 5.18. The summed E-state index contributed by atoms with van der Waals surface area (Å²) in [5.74, 6) is 0.505. The third-order valence-electron chi connectivity index (χ3n) is 4.00. The van der Waals surface area contributed by atoms with E-state index in [1.54, 1.807) is 0 Å². The zero-order chi connectivity index (χ0) is 23.7. The number of hydrogen-bond acceptors (Lipinski definition) is 7. The van der Waals surface area contributed by atoms with Crippen LogP contribution in [0.1, 0.15) is 19.5 Å². The Bertz CT molecular complexity index is 1250. The van der Waals surface area contributed by atoms with Gasteiger partial charge in [-0.15, -0.1) is 0 Å². The minimum atomic E-state index is -4.62. The van der Waals surface area contributed by atoms with Crippen molar-refractivity contribution in [1.82, 2.24) is 15.0 Å². The Morgan fingerprint density at radius 1 is 1.00 bits per heavy atom. The fourth-order valence-corrected chi connectivity index (χ4v) is 3.69. The van der Waals surface area contributed by atoms with Crippen molar-refractivity contribution < 1.29 is 21.6 Å². The molecule has 0 saturated carbocycles. The first-order valence-corrected chi connectivity index (χ1v) is 11.6. The summed E-state index contributed by atoms with van der Waals surface area (Å²) in [5, 5.41) is 6.19. The number of hydrogen-bond donors (Lipinski definition) is 2. The molecule has 170 valence electrons. The van der Waals surface area contributed by atoms with E-state index in [9.17, 15) is 21.6 Å². The van der Waals surface area contributed by atoms with Crippen LogP contribution in [0.15, 0.2) is 47.4 Å². The molecule has 0 aliphatic heterocycles. The molecule has 0 amide bonds. The zero-order valence-electron chi connectivity index (χ0n) is 17.2. The van der Waals surface area contributed by atoms with Gasteiger partial charge < -0.3 is 10.6 Å². The number of rotatable bonds is 6. The summed E-state index contributed by atoms with van der Waals surface area (Å²) in [7, 11) is -3.52. The molecule has 0 aliphatic carbocycles. The van der Waals surface area contributed by atoms with Gasteiger partial charge in [-0.1, -0.05) is 17.7 Å². The summed E-state index contributed by atoms with van der Waals surface area (Å²) in [5.41, 5.74) is -0.809. The highest BCUT2D eigenvalue weighted by molar-refractivity contribution is 7.90. The van der Waals surface area contributed by atoms with Crippen LogP contribution in [0.2, 0.25) is 5.02 Å². The number of halogens is 4. The van der Waals surface area contributed by atoms with E-state index in [0.717, 1.165) is 12.3 Å². The van der Waals surface area contributed by atoms with E-state index in [1.165, 1.54) is 36.4 Å². The zero-order valence-corrected chi connectivity index (χ0v) is 18.8. The highest BCUT2D eigenvalue weighted by atomic mass is 35.5. The third kappa shape index (κ3) is 6.07. The number of benzene rings is 1. The van der Waals surface area contributed by atoms with Crippen LogP contribution in [-0.4, -0.2) is 35.7 Å². The number of nitrogens with one attached hydrogen (secondary N) is 2. The molecule has 0 saturated heterocycles. The molecule has 2 N–H and O–H groups in total. The Kier molecular flexibility index (Phi) is 6.61. The van der Waals surface area contributed by atoms with Gasteiger partial charge in [-0.05, 0) is 44.2 Å². The second-order valence-corrected chi connectivity index (χ2v) is 9.69. The average molecular weight is 486 g/mol. The van der Waals surface area contributed by atoms with Crippen LogP contribution in [-0.2, 0) is 16.0 Å². The van der Waals surface area contributed by atoms with Gasteiger partial charge in [-0.2, -0.15) is 13.2 Å². The number of alkyl halides is 3. The Labute approximate surface area is 188 Å². The molecule has 2 aromatic heterocycles. The molecule has 3 rings (SSSR count). The Balaban J connectivity index is 2.07. The largest absolute Gasteiger partial charge is 0.433 e. The maximum Gasteiger partial charge on any atom is 0.433 e. The van der Waals surface area contributed by atoms with Crippen LogP contribution in [0.5, 0.6) is 0 Å². The van der Waals surface area contributed by atoms with Crippen LogP contribution < -0.4 is 10.6 Å². The Morgan fingerprint density at radius 2 is 1.69 bits per heavy atom. The lowest BCUT2D eigenvalue weighted by Gasteiger charge is -2.14. The minimum absolute atomic E-state index is 0.00172. The fourth-order valence-electron chi connectivity index (χ4n) is 2.71. The lowest BCUT2D eigenvalue weighted by molar-refractivity contribution is -0.141. The van der Waals surface area contributed by atoms with Crippen LogP contribution in [0.3, 0.4) is 0 Å². The van der Waals surface area contributed by atoms with Crippen molar-refractivity contribution in [2.45, 2.75) is 31.0 Å². The van der Waals surface area contributed by atoms with Gasteiger partial charge in [0, 0.05) is 29.1 Å². The molecular formula is C20H19ClF3N5O2S. The number of nitrogens with zero attached hydrogens (tertiary/aromatic N) is 3. The summed E-state index contributed by atoms with van der Waals surface area (Å²) >= 11 is 6.04. The van der Waals surface area contributed by atoms with Gasteiger partial charge in [0.05, 0.1) is 4.90 Å². The summed E-state index contributed by atoms with van der Waals surface area (Å²) in [6, 6.07) is 9.15. The number of aromatic nitrogens is 3. The molecular weight excluding hydrogens is 467 g/mol. The predicted molar refractivity (Wildman–Crippen MR) is 117 cm³/mol. The van der Waals surface area contributed by atoms with E-state index >= 15 is 0 Å². The first kappa shape index (κ1) is 23.7. The Morgan fingerprint density at radius 3 is 2.31 bits per heavy atom. The molecule has 2 heterocycles. The SMILES string of the molecule is CC(C)Nc1cc(Nc2cc(Cl)cc(S(C)(=O)=O)c2)nc(-c2cccc(C(F)(F)F)n2)n1. The molecule has 32 heavy (non-hydrogen) atoms. The molecule has 12 heteroatoms.